The third-order valence-electron chi connectivity index (χ3n) is 14.5. The Hall–Kier alpha value is -2.55. The molecule has 0 fully saturated rings. The molecule has 0 heterocycles. The van der Waals surface area contributed by atoms with E-state index in [-0.39, 0.29) is 32.0 Å². The van der Waals surface area contributed by atoms with Gasteiger partial charge < -0.3 is 18.9 Å². The molecule has 0 aromatic rings. The van der Waals surface area contributed by atoms with E-state index < -0.39 is 26.5 Å². The number of hydrogen-bond donors (Lipinski definition) is 1. The maximum Gasteiger partial charge on any atom is 0.472 e. The van der Waals surface area contributed by atoms with Gasteiger partial charge in [0.25, 0.3) is 0 Å². The molecule has 0 bridgehead atoms. The van der Waals surface area contributed by atoms with Crippen molar-refractivity contribution in [2.75, 3.05) is 47.5 Å². The van der Waals surface area contributed by atoms with E-state index in [2.05, 4.69) is 86.8 Å². The van der Waals surface area contributed by atoms with E-state index in [0.717, 1.165) is 83.5 Å². The summed E-state index contributed by atoms with van der Waals surface area (Å²) in [5.41, 5.74) is 0. The summed E-state index contributed by atoms with van der Waals surface area (Å²) in [7, 11) is 1.48. The van der Waals surface area contributed by atoms with Crippen LogP contribution in [0.3, 0.4) is 0 Å². The maximum absolute atomic E-state index is 12.8. The number of likely N-dealkylation sites (N-methyl/N-ethyl adjacent to an activating group) is 1. The van der Waals surface area contributed by atoms with Gasteiger partial charge in [-0.2, -0.15) is 0 Å². The number of rotatable bonds is 61. The van der Waals surface area contributed by atoms with Gasteiger partial charge in [-0.15, -0.1) is 0 Å². The van der Waals surface area contributed by atoms with E-state index in [1.165, 1.54) is 186 Å². The molecule has 10 heteroatoms. The largest absolute Gasteiger partial charge is 0.472 e. The van der Waals surface area contributed by atoms with Gasteiger partial charge >= 0.3 is 19.8 Å². The van der Waals surface area contributed by atoms with Gasteiger partial charge in [0.05, 0.1) is 27.7 Å². The van der Waals surface area contributed by atoms with Gasteiger partial charge in [-0.3, -0.25) is 18.6 Å². The minimum absolute atomic E-state index is 0.0297. The molecule has 0 rings (SSSR count). The molecular formula is C69H127NO8P+. The quantitative estimate of drug-likeness (QED) is 0.0211. The molecular weight excluding hydrogens is 1000 g/mol. The molecule has 2 atom stereocenters. The number of phosphoric acid groups is 1. The highest BCUT2D eigenvalue weighted by atomic mass is 31.2. The second kappa shape index (κ2) is 60.1. The molecule has 9 nitrogen and oxygen atoms in total. The van der Waals surface area contributed by atoms with Crippen molar-refractivity contribution in [1.29, 1.82) is 0 Å². The van der Waals surface area contributed by atoms with Crippen LogP contribution < -0.4 is 0 Å². The molecule has 0 amide bonds. The minimum Gasteiger partial charge on any atom is -0.462 e. The van der Waals surface area contributed by atoms with Crippen molar-refractivity contribution < 1.29 is 42.1 Å². The van der Waals surface area contributed by atoms with Gasteiger partial charge in [0, 0.05) is 12.8 Å². The molecule has 1 N–H and O–H groups in total. The predicted molar refractivity (Wildman–Crippen MR) is 339 cm³/mol. The summed E-state index contributed by atoms with van der Waals surface area (Å²) in [6, 6.07) is 0. The first-order valence-electron chi connectivity index (χ1n) is 33.2. The van der Waals surface area contributed by atoms with Crippen LogP contribution in [0.25, 0.3) is 0 Å². The van der Waals surface area contributed by atoms with Crippen molar-refractivity contribution in [3.63, 3.8) is 0 Å². The molecule has 0 radical (unpaired) electrons. The molecule has 0 saturated carbocycles. The number of allylic oxidation sites excluding steroid dienone is 12. The highest BCUT2D eigenvalue weighted by Crippen LogP contribution is 2.43. The number of phosphoric ester groups is 1. The summed E-state index contributed by atoms with van der Waals surface area (Å²) < 4.78 is 34.6. The zero-order valence-corrected chi connectivity index (χ0v) is 53.2. The number of carbonyl (C=O) groups is 2. The van der Waals surface area contributed by atoms with Crippen LogP contribution >= 0.6 is 7.82 Å². The van der Waals surface area contributed by atoms with Gasteiger partial charge in [0.2, 0.25) is 0 Å². The van der Waals surface area contributed by atoms with Crippen molar-refractivity contribution >= 4 is 19.8 Å². The second-order valence-corrected chi connectivity index (χ2v) is 24.9. The summed E-state index contributed by atoms with van der Waals surface area (Å²) >= 11 is 0. The lowest BCUT2D eigenvalue weighted by Crippen LogP contribution is -2.37. The predicted octanol–water partition coefficient (Wildman–Crippen LogP) is 21.2. The maximum atomic E-state index is 12.8. The Morgan fingerprint density at radius 3 is 1.08 bits per heavy atom. The number of esters is 2. The number of quaternary nitrogens is 1. The fraction of sp³-hybridized carbons (Fsp3) is 0.797. The molecule has 0 aliphatic carbocycles. The van der Waals surface area contributed by atoms with Crippen LogP contribution in [0.1, 0.15) is 303 Å². The Labute approximate surface area is 489 Å². The molecule has 0 spiro atoms. The molecule has 0 aliphatic heterocycles. The van der Waals surface area contributed by atoms with Crippen molar-refractivity contribution in [2.24, 2.45) is 0 Å². The summed E-state index contributed by atoms with van der Waals surface area (Å²) in [6.07, 6.45) is 80.3. The number of hydrogen-bond acceptors (Lipinski definition) is 7. The van der Waals surface area contributed by atoms with Gasteiger partial charge in [-0.1, -0.05) is 286 Å². The first-order chi connectivity index (χ1) is 38.5. The lowest BCUT2D eigenvalue weighted by atomic mass is 10.0. The van der Waals surface area contributed by atoms with Crippen LogP contribution in [0.2, 0.25) is 0 Å². The molecule has 0 aromatic carbocycles. The zero-order valence-electron chi connectivity index (χ0n) is 52.4. The standard InChI is InChI=1S/C69H126NO8P/c1-6-8-10-12-14-16-18-20-22-23-24-25-26-27-28-29-30-31-32-33-34-35-36-37-38-39-40-41-42-43-44-45-46-47-48-50-52-54-56-58-60-62-69(72)78-67(66-77-79(73,74)76-64-63-70(3,4)5)65-75-68(71)61-59-57-55-53-51-49-21-19-17-15-13-11-9-7-2/h8,10,13-16,19-22,24-25,67H,6-7,9,11-12,17-18,23,26-66H2,1-5H3/p+1/b10-8-,15-13-,16-14-,21-19-,22-20-,25-24-. The number of carbonyl (C=O) groups excluding carboxylic acids is 2. The van der Waals surface area contributed by atoms with E-state index in [9.17, 15) is 19.0 Å². The molecule has 79 heavy (non-hydrogen) atoms. The zero-order chi connectivity index (χ0) is 57.7. The Bertz CT molecular complexity index is 1560. The summed E-state index contributed by atoms with van der Waals surface area (Å²) in [5, 5.41) is 0. The molecule has 0 aliphatic rings. The summed E-state index contributed by atoms with van der Waals surface area (Å²) in [4.78, 5) is 35.7. The normalized spacial score (nSPS) is 13.6. The number of nitrogens with zero attached hydrogens (tertiary/aromatic N) is 1. The summed E-state index contributed by atoms with van der Waals surface area (Å²) in [6.45, 7) is 4.29. The van der Waals surface area contributed by atoms with Crippen molar-refractivity contribution in [1.82, 2.24) is 0 Å². The van der Waals surface area contributed by atoms with Crippen LogP contribution in [0.5, 0.6) is 0 Å². The monoisotopic (exact) mass is 1130 g/mol. The molecule has 0 aromatic heterocycles. The smallest absolute Gasteiger partial charge is 0.462 e. The first kappa shape index (κ1) is 76.5. The lowest BCUT2D eigenvalue weighted by Gasteiger charge is -2.24. The molecule has 2 unspecified atom stereocenters. The topological polar surface area (TPSA) is 108 Å². The Kier molecular flexibility index (Phi) is 58.1. The van der Waals surface area contributed by atoms with E-state index in [4.69, 9.17) is 18.5 Å². The van der Waals surface area contributed by atoms with E-state index in [0.29, 0.717) is 17.4 Å². The Balaban J connectivity index is 3.86. The van der Waals surface area contributed by atoms with E-state index >= 15 is 0 Å². The Morgan fingerprint density at radius 2 is 0.722 bits per heavy atom. The fourth-order valence-electron chi connectivity index (χ4n) is 9.38. The van der Waals surface area contributed by atoms with Crippen LogP contribution in [0.4, 0.5) is 0 Å². The second-order valence-electron chi connectivity index (χ2n) is 23.5. The fourth-order valence-corrected chi connectivity index (χ4v) is 10.1. The molecule has 460 valence electrons. The number of unbranched alkanes of at least 4 members (excludes halogenated alkanes) is 35. The number of ether oxygens (including phenoxy) is 2. The average molecular weight is 1130 g/mol. The van der Waals surface area contributed by atoms with Gasteiger partial charge in [0.1, 0.15) is 19.8 Å². The van der Waals surface area contributed by atoms with Crippen molar-refractivity contribution in [3.8, 4) is 0 Å². The third-order valence-corrected chi connectivity index (χ3v) is 15.5. The van der Waals surface area contributed by atoms with Gasteiger partial charge in [0.15, 0.2) is 6.10 Å². The van der Waals surface area contributed by atoms with Crippen molar-refractivity contribution in [2.45, 2.75) is 309 Å². The van der Waals surface area contributed by atoms with Gasteiger partial charge in [-0.25, -0.2) is 4.57 Å². The van der Waals surface area contributed by atoms with Crippen LogP contribution in [-0.4, -0.2) is 74.9 Å². The van der Waals surface area contributed by atoms with E-state index in [1.807, 2.05) is 21.1 Å². The third kappa shape index (κ3) is 64.5. The van der Waals surface area contributed by atoms with Crippen LogP contribution in [-0.2, 0) is 32.7 Å². The SMILES string of the molecule is CC/C=C\C/C=C\C/C=C\C/C=C\CCCCCCCCCCCCCCCCCCCCCCCCCCCCCCC(=O)OC(COC(=O)CCCCCCC/C=C\C/C=C\CCCC)COP(=O)(O)OCC[N+](C)(C)C. The highest BCUT2D eigenvalue weighted by Gasteiger charge is 2.27. The Morgan fingerprint density at radius 1 is 0.405 bits per heavy atom. The van der Waals surface area contributed by atoms with E-state index in [1.54, 1.807) is 0 Å². The highest BCUT2D eigenvalue weighted by molar-refractivity contribution is 7.47. The van der Waals surface area contributed by atoms with Crippen LogP contribution in [0.15, 0.2) is 72.9 Å². The van der Waals surface area contributed by atoms with Crippen LogP contribution in [0, 0.1) is 0 Å². The molecule has 0 saturated heterocycles. The lowest BCUT2D eigenvalue weighted by molar-refractivity contribution is -0.870. The summed E-state index contributed by atoms with van der Waals surface area (Å²) in [5.74, 6) is -0.803. The van der Waals surface area contributed by atoms with Gasteiger partial charge in [-0.05, 0) is 77.0 Å². The first-order valence-corrected chi connectivity index (χ1v) is 34.7. The average Bonchev–Trinajstić information content (AvgIpc) is 3.41. The van der Waals surface area contributed by atoms with Crippen molar-refractivity contribution in [3.05, 3.63) is 72.9 Å². The minimum atomic E-state index is -4.39.